The third-order valence-electron chi connectivity index (χ3n) is 2.51. The molecule has 2 heterocycles. The van der Waals surface area contributed by atoms with E-state index in [4.69, 9.17) is 4.74 Å². The third-order valence-corrected chi connectivity index (χ3v) is 3.32. The summed E-state index contributed by atoms with van der Waals surface area (Å²) in [6.45, 7) is 4.77. The molecule has 0 saturated carbocycles. The number of hydrogen-bond donors (Lipinski definition) is 2. The molecule has 2 N–H and O–H groups in total. The average Bonchev–Trinajstić information content (AvgIpc) is 2.76. The predicted molar refractivity (Wildman–Crippen MR) is 76.5 cm³/mol. The zero-order chi connectivity index (χ0) is 13.2. The zero-order valence-electron chi connectivity index (χ0n) is 11.1. The Hall–Kier alpha value is -1.40. The minimum absolute atomic E-state index is 0.178. The van der Waals surface area contributed by atoms with Crippen LogP contribution >= 0.6 is 11.3 Å². The lowest BCUT2D eigenvalue weighted by atomic mass is 10.1. The monoisotopic (exact) mass is 266 g/mol. The van der Waals surface area contributed by atoms with E-state index in [1.165, 1.54) is 0 Å². The maximum absolute atomic E-state index is 5.21. The molecule has 0 bridgehead atoms. The van der Waals surface area contributed by atoms with Crippen LogP contribution in [0.2, 0.25) is 0 Å². The van der Waals surface area contributed by atoms with Crippen LogP contribution in [-0.4, -0.2) is 36.3 Å². The van der Waals surface area contributed by atoms with Gasteiger partial charge in [-0.2, -0.15) is 4.98 Å². The van der Waals surface area contributed by atoms with Gasteiger partial charge < -0.3 is 15.4 Å². The van der Waals surface area contributed by atoms with Crippen molar-refractivity contribution < 1.29 is 4.74 Å². The first-order valence-electron chi connectivity index (χ1n) is 5.76. The second-order valence-electron chi connectivity index (χ2n) is 4.73. The van der Waals surface area contributed by atoms with Crippen LogP contribution < -0.4 is 10.6 Å². The summed E-state index contributed by atoms with van der Waals surface area (Å²) in [7, 11) is 3.52. The number of methoxy groups -OCH3 is 1. The van der Waals surface area contributed by atoms with Crippen molar-refractivity contribution in [1.82, 2.24) is 9.97 Å². The van der Waals surface area contributed by atoms with Crippen LogP contribution in [0.4, 0.5) is 11.8 Å². The first kappa shape index (κ1) is 13.0. The van der Waals surface area contributed by atoms with E-state index in [1.807, 2.05) is 18.5 Å². The molecule has 2 aromatic heterocycles. The molecule has 5 nitrogen and oxygen atoms in total. The van der Waals surface area contributed by atoms with Crippen molar-refractivity contribution in [1.29, 1.82) is 0 Å². The van der Waals surface area contributed by atoms with Crippen LogP contribution in [0.3, 0.4) is 0 Å². The molecule has 0 aliphatic carbocycles. The van der Waals surface area contributed by atoms with E-state index in [0.29, 0.717) is 12.6 Å². The maximum atomic E-state index is 5.21. The highest BCUT2D eigenvalue weighted by atomic mass is 32.1. The van der Waals surface area contributed by atoms with E-state index in [9.17, 15) is 0 Å². The van der Waals surface area contributed by atoms with Crippen LogP contribution in [0.15, 0.2) is 11.4 Å². The molecule has 0 aliphatic heterocycles. The molecule has 0 amide bonds. The van der Waals surface area contributed by atoms with Gasteiger partial charge in [0.05, 0.1) is 17.5 Å². The fraction of sp³-hybridized carbons (Fsp3) is 0.500. The second kappa shape index (κ2) is 5.07. The Kier molecular flexibility index (Phi) is 3.68. The number of aromatic nitrogens is 2. The van der Waals surface area contributed by atoms with Gasteiger partial charge in [0, 0.05) is 14.2 Å². The summed E-state index contributed by atoms with van der Waals surface area (Å²) in [5.41, 5.74) is -0.178. The lowest BCUT2D eigenvalue weighted by molar-refractivity contribution is 0.158. The van der Waals surface area contributed by atoms with E-state index >= 15 is 0 Å². The summed E-state index contributed by atoms with van der Waals surface area (Å²) in [6.07, 6.45) is 0. The van der Waals surface area contributed by atoms with Crippen LogP contribution in [0.25, 0.3) is 10.2 Å². The van der Waals surface area contributed by atoms with E-state index in [2.05, 4.69) is 34.4 Å². The van der Waals surface area contributed by atoms with Crippen molar-refractivity contribution in [2.75, 3.05) is 31.4 Å². The highest BCUT2D eigenvalue weighted by molar-refractivity contribution is 7.16. The predicted octanol–water partition coefficient (Wildman–Crippen LogP) is 2.57. The molecule has 98 valence electrons. The van der Waals surface area contributed by atoms with Gasteiger partial charge in [-0.25, -0.2) is 4.98 Å². The summed E-state index contributed by atoms with van der Waals surface area (Å²) in [5, 5.41) is 9.46. The molecular formula is C12H18N4OS. The van der Waals surface area contributed by atoms with Gasteiger partial charge in [0.25, 0.3) is 0 Å². The molecule has 0 fully saturated rings. The largest absolute Gasteiger partial charge is 0.382 e. The van der Waals surface area contributed by atoms with Crippen LogP contribution in [0.1, 0.15) is 13.8 Å². The average molecular weight is 266 g/mol. The quantitative estimate of drug-likeness (QED) is 0.871. The number of ether oxygens (including phenoxy) is 1. The Balaban J connectivity index is 2.39. The summed E-state index contributed by atoms with van der Waals surface area (Å²) in [5.74, 6) is 1.47. The molecule has 0 aromatic carbocycles. The minimum atomic E-state index is -0.178. The molecule has 18 heavy (non-hydrogen) atoms. The van der Waals surface area contributed by atoms with Crippen molar-refractivity contribution >= 4 is 33.3 Å². The molecule has 0 radical (unpaired) electrons. The fourth-order valence-corrected chi connectivity index (χ4v) is 2.54. The van der Waals surface area contributed by atoms with Crippen molar-refractivity contribution in [2.24, 2.45) is 0 Å². The van der Waals surface area contributed by atoms with Crippen molar-refractivity contribution in [3.63, 3.8) is 0 Å². The number of thiophene rings is 1. The standard InChI is InChI=1S/C12H18N4OS/c1-12(2,7-17-4)16-9-8-5-6-18-10(8)15-11(13-3)14-9/h5-6H,7H2,1-4H3,(H2,13,14,15,16). The van der Waals surface area contributed by atoms with Gasteiger partial charge in [-0.1, -0.05) is 0 Å². The molecule has 6 heteroatoms. The maximum Gasteiger partial charge on any atom is 0.225 e. The van der Waals surface area contributed by atoms with Gasteiger partial charge >= 0.3 is 0 Å². The number of rotatable bonds is 5. The Bertz CT molecular complexity index is 538. The molecule has 0 saturated heterocycles. The van der Waals surface area contributed by atoms with Crippen molar-refractivity contribution in [3.8, 4) is 0 Å². The lowest BCUT2D eigenvalue weighted by Crippen LogP contribution is -2.36. The number of nitrogens with one attached hydrogen (secondary N) is 2. The zero-order valence-corrected chi connectivity index (χ0v) is 11.9. The van der Waals surface area contributed by atoms with Crippen molar-refractivity contribution in [3.05, 3.63) is 11.4 Å². The number of fused-ring (bicyclic) bond motifs is 1. The van der Waals surface area contributed by atoms with Gasteiger partial charge in [0.15, 0.2) is 0 Å². The van der Waals surface area contributed by atoms with Gasteiger partial charge in [-0.3, -0.25) is 0 Å². The highest BCUT2D eigenvalue weighted by Gasteiger charge is 2.20. The summed E-state index contributed by atoms with van der Waals surface area (Å²) in [6, 6.07) is 2.03. The SMILES string of the molecule is CNc1nc(NC(C)(C)COC)c2ccsc2n1. The molecule has 0 aliphatic rings. The Morgan fingerprint density at radius 3 is 2.83 bits per heavy atom. The first-order valence-corrected chi connectivity index (χ1v) is 6.64. The van der Waals surface area contributed by atoms with E-state index in [1.54, 1.807) is 18.4 Å². The smallest absolute Gasteiger partial charge is 0.225 e. The number of nitrogens with zero attached hydrogens (tertiary/aromatic N) is 2. The summed E-state index contributed by atoms with van der Waals surface area (Å²) >= 11 is 1.61. The van der Waals surface area contributed by atoms with Gasteiger partial charge in [0.1, 0.15) is 10.6 Å². The lowest BCUT2D eigenvalue weighted by Gasteiger charge is -2.26. The van der Waals surface area contributed by atoms with E-state index < -0.39 is 0 Å². The second-order valence-corrected chi connectivity index (χ2v) is 5.62. The van der Waals surface area contributed by atoms with E-state index in [0.717, 1.165) is 16.0 Å². The normalized spacial score (nSPS) is 11.8. The first-order chi connectivity index (χ1) is 8.55. The topological polar surface area (TPSA) is 59.1 Å². The Morgan fingerprint density at radius 2 is 2.17 bits per heavy atom. The molecule has 0 unspecified atom stereocenters. The Morgan fingerprint density at radius 1 is 1.39 bits per heavy atom. The summed E-state index contributed by atoms with van der Waals surface area (Å²) < 4.78 is 5.21. The highest BCUT2D eigenvalue weighted by Crippen LogP contribution is 2.28. The Labute approximate surface area is 111 Å². The molecule has 0 spiro atoms. The fourth-order valence-electron chi connectivity index (χ4n) is 1.78. The molecule has 2 rings (SSSR count). The van der Waals surface area contributed by atoms with Crippen molar-refractivity contribution in [2.45, 2.75) is 19.4 Å². The third kappa shape index (κ3) is 2.70. The van der Waals surface area contributed by atoms with Crippen LogP contribution in [0.5, 0.6) is 0 Å². The van der Waals surface area contributed by atoms with Crippen LogP contribution in [-0.2, 0) is 4.74 Å². The van der Waals surface area contributed by atoms with Gasteiger partial charge in [-0.15, -0.1) is 11.3 Å². The molecule has 0 atom stereocenters. The van der Waals surface area contributed by atoms with E-state index in [-0.39, 0.29) is 5.54 Å². The number of anilines is 2. The summed E-state index contributed by atoms with van der Waals surface area (Å²) in [4.78, 5) is 9.87. The minimum Gasteiger partial charge on any atom is -0.382 e. The van der Waals surface area contributed by atoms with Crippen LogP contribution in [0, 0.1) is 0 Å². The molecule has 2 aromatic rings. The van der Waals surface area contributed by atoms with Gasteiger partial charge in [-0.05, 0) is 25.3 Å². The number of hydrogen-bond acceptors (Lipinski definition) is 6. The molecular weight excluding hydrogens is 248 g/mol. The van der Waals surface area contributed by atoms with Gasteiger partial charge in [0.2, 0.25) is 5.95 Å².